The summed E-state index contributed by atoms with van der Waals surface area (Å²) in [6, 6.07) is 10.1. The van der Waals surface area contributed by atoms with Crippen molar-refractivity contribution in [1.29, 1.82) is 0 Å². The highest BCUT2D eigenvalue weighted by molar-refractivity contribution is 9.09. The van der Waals surface area contributed by atoms with E-state index in [4.69, 9.17) is 0 Å². The zero-order valence-electron chi connectivity index (χ0n) is 11.7. The summed E-state index contributed by atoms with van der Waals surface area (Å²) in [5, 5.41) is 0. The first-order valence-electron chi connectivity index (χ1n) is 7.05. The van der Waals surface area contributed by atoms with Gasteiger partial charge in [0.05, 0.1) is 5.92 Å². The molecule has 1 fully saturated rings. The van der Waals surface area contributed by atoms with Crippen LogP contribution in [0.1, 0.15) is 37.7 Å². The average Bonchev–Trinajstić information content (AvgIpc) is 2.39. The Hall–Kier alpha value is -0.830. The fourth-order valence-corrected chi connectivity index (χ4v) is 3.84. The highest BCUT2D eigenvalue weighted by Gasteiger charge is 2.30. The number of carbonyl (C=O) groups is 1. The van der Waals surface area contributed by atoms with Crippen LogP contribution in [0.15, 0.2) is 30.3 Å². The van der Waals surface area contributed by atoms with Crippen molar-refractivity contribution in [3.63, 3.8) is 0 Å². The van der Waals surface area contributed by atoms with Crippen LogP contribution in [0.3, 0.4) is 0 Å². The normalized spacial score (nSPS) is 23.5. The van der Waals surface area contributed by atoms with Crippen molar-refractivity contribution in [2.45, 2.75) is 36.9 Å². The number of hydrogen-bond donors (Lipinski definition) is 0. The molecule has 0 aliphatic heterocycles. The molecule has 0 bridgehead atoms. The highest BCUT2D eigenvalue weighted by Crippen LogP contribution is 2.34. The predicted molar refractivity (Wildman–Crippen MR) is 82.6 cm³/mol. The number of alkyl halides is 1. The minimum Gasteiger partial charge on any atom is -0.345 e. The molecule has 0 aromatic heterocycles. The Balaban J connectivity index is 1.96. The molecule has 0 N–H and O–H groups in total. The van der Waals surface area contributed by atoms with Crippen LogP contribution in [0.4, 0.5) is 0 Å². The van der Waals surface area contributed by atoms with Gasteiger partial charge in [0.2, 0.25) is 5.91 Å². The lowest BCUT2D eigenvalue weighted by molar-refractivity contribution is -0.132. The molecular formula is C16H22BrNO. The second kappa shape index (κ2) is 6.56. The number of likely N-dealkylation sites (N-methyl/N-ethyl adjacent to an activating group) is 1. The molecule has 1 atom stereocenters. The monoisotopic (exact) mass is 323 g/mol. The number of nitrogens with zero attached hydrogens (tertiary/aromatic N) is 1. The van der Waals surface area contributed by atoms with Gasteiger partial charge in [-0.1, -0.05) is 53.2 Å². The van der Waals surface area contributed by atoms with E-state index in [2.05, 4.69) is 35.0 Å². The molecule has 0 radical (unpaired) electrons. The lowest BCUT2D eigenvalue weighted by Crippen LogP contribution is -2.39. The Bertz CT molecular complexity index is 414. The van der Waals surface area contributed by atoms with E-state index in [1.807, 2.05) is 30.1 Å². The molecule has 0 spiro atoms. The number of hydrogen-bond acceptors (Lipinski definition) is 1. The van der Waals surface area contributed by atoms with Crippen molar-refractivity contribution in [3.05, 3.63) is 35.9 Å². The predicted octanol–water partition coefficient (Wildman–Crippen LogP) is 3.81. The van der Waals surface area contributed by atoms with Crippen LogP contribution in [0.5, 0.6) is 0 Å². The van der Waals surface area contributed by atoms with Crippen LogP contribution >= 0.6 is 15.9 Å². The number of carbonyl (C=O) groups excluding carboxylic acids is 1. The first-order chi connectivity index (χ1) is 9.11. The van der Waals surface area contributed by atoms with Gasteiger partial charge < -0.3 is 4.90 Å². The van der Waals surface area contributed by atoms with E-state index in [1.165, 1.54) is 12.8 Å². The summed E-state index contributed by atoms with van der Waals surface area (Å²) in [6.45, 7) is 2.98. The van der Waals surface area contributed by atoms with E-state index in [1.54, 1.807) is 0 Å². The van der Waals surface area contributed by atoms with Gasteiger partial charge in [-0.05, 0) is 30.7 Å². The Morgan fingerprint density at radius 3 is 2.53 bits per heavy atom. The maximum Gasteiger partial charge on any atom is 0.229 e. The summed E-state index contributed by atoms with van der Waals surface area (Å²) in [7, 11) is 1.94. The molecule has 104 valence electrons. The van der Waals surface area contributed by atoms with Crippen LogP contribution in [0.2, 0.25) is 0 Å². The molecule has 1 aromatic carbocycles. The smallest absolute Gasteiger partial charge is 0.229 e. The van der Waals surface area contributed by atoms with Crippen LogP contribution in [0, 0.1) is 5.92 Å². The van der Waals surface area contributed by atoms with Gasteiger partial charge in [0.15, 0.2) is 0 Å². The van der Waals surface area contributed by atoms with Crippen molar-refractivity contribution < 1.29 is 4.79 Å². The lowest BCUT2D eigenvalue weighted by atomic mass is 9.84. The maximum absolute atomic E-state index is 12.5. The quantitative estimate of drug-likeness (QED) is 0.754. The van der Waals surface area contributed by atoms with Crippen LogP contribution in [0.25, 0.3) is 0 Å². The third-order valence-corrected chi connectivity index (χ3v) is 4.74. The molecule has 0 saturated heterocycles. The van der Waals surface area contributed by atoms with E-state index in [0.717, 1.165) is 18.5 Å². The van der Waals surface area contributed by atoms with Crippen LogP contribution in [-0.2, 0) is 4.79 Å². The van der Waals surface area contributed by atoms with Gasteiger partial charge in [-0.2, -0.15) is 0 Å². The first kappa shape index (κ1) is 14.6. The van der Waals surface area contributed by atoms with Gasteiger partial charge >= 0.3 is 0 Å². The second-order valence-corrected chi connectivity index (χ2v) is 6.82. The summed E-state index contributed by atoms with van der Waals surface area (Å²) >= 11 is 3.60. The Morgan fingerprint density at radius 1 is 1.37 bits per heavy atom. The van der Waals surface area contributed by atoms with Gasteiger partial charge in [-0.3, -0.25) is 4.79 Å². The molecule has 1 aliphatic rings. The Labute approximate surface area is 124 Å². The highest BCUT2D eigenvalue weighted by atomic mass is 79.9. The third-order valence-electron chi connectivity index (χ3n) is 3.99. The van der Waals surface area contributed by atoms with E-state index in [-0.39, 0.29) is 11.8 Å². The topological polar surface area (TPSA) is 20.3 Å². The van der Waals surface area contributed by atoms with Crippen molar-refractivity contribution >= 4 is 21.8 Å². The Morgan fingerprint density at radius 2 is 2.00 bits per heavy atom. The van der Waals surface area contributed by atoms with Crippen molar-refractivity contribution in [2.75, 3.05) is 13.6 Å². The molecule has 1 aromatic rings. The van der Waals surface area contributed by atoms with E-state index in [9.17, 15) is 4.79 Å². The van der Waals surface area contributed by atoms with Crippen LogP contribution in [-0.4, -0.2) is 29.2 Å². The maximum atomic E-state index is 12.5. The van der Waals surface area contributed by atoms with Crippen molar-refractivity contribution in [3.8, 4) is 0 Å². The standard InChI is InChI=1S/C16H22BrNO/c1-3-15(13-7-5-4-6-8-13)16(19)18(2)11-12-9-14(17)10-12/h4-8,12,14-15H,3,9-11H2,1-2H3. The summed E-state index contributed by atoms with van der Waals surface area (Å²) in [5.74, 6) is 0.935. The van der Waals surface area contributed by atoms with E-state index < -0.39 is 0 Å². The van der Waals surface area contributed by atoms with Gasteiger partial charge in [-0.15, -0.1) is 0 Å². The molecule has 2 rings (SSSR count). The summed E-state index contributed by atoms with van der Waals surface area (Å²) in [6.07, 6.45) is 3.25. The molecular weight excluding hydrogens is 302 g/mol. The van der Waals surface area contributed by atoms with Gasteiger partial charge in [0, 0.05) is 18.4 Å². The molecule has 3 heteroatoms. The third kappa shape index (κ3) is 3.59. The molecule has 1 amide bonds. The molecule has 19 heavy (non-hydrogen) atoms. The molecule has 1 unspecified atom stereocenters. The first-order valence-corrected chi connectivity index (χ1v) is 7.97. The largest absolute Gasteiger partial charge is 0.345 e. The average molecular weight is 324 g/mol. The summed E-state index contributed by atoms with van der Waals surface area (Å²) in [5.41, 5.74) is 1.13. The fourth-order valence-electron chi connectivity index (χ4n) is 2.78. The van der Waals surface area contributed by atoms with Crippen LogP contribution < -0.4 is 0 Å². The molecule has 1 saturated carbocycles. The zero-order chi connectivity index (χ0) is 13.8. The minimum atomic E-state index is 0.00560. The number of amides is 1. The van der Waals surface area contributed by atoms with Crippen molar-refractivity contribution in [2.24, 2.45) is 5.92 Å². The molecule has 0 heterocycles. The second-order valence-electron chi connectivity index (χ2n) is 5.52. The SMILES string of the molecule is CCC(C(=O)N(C)CC1CC(Br)C1)c1ccccc1. The zero-order valence-corrected chi connectivity index (χ0v) is 13.3. The fraction of sp³-hybridized carbons (Fsp3) is 0.562. The van der Waals surface area contributed by atoms with Gasteiger partial charge in [-0.25, -0.2) is 0 Å². The summed E-state index contributed by atoms with van der Waals surface area (Å²) in [4.78, 5) is 15.1. The summed E-state index contributed by atoms with van der Waals surface area (Å²) < 4.78 is 0. The minimum absolute atomic E-state index is 0.00560. The number of halogens is 1. The number of rotatable bonds is 5. The molecule has 2 nitrogen and oxygen atoms in total. The lowest BCUT2D eigenvalue weighted by Gasteiger charge is -2.35. The van der Waals surface area contributed by atoms with Crippen molar-refractivity contribution in [1.82, 2.24) is 4.90 Å². The number of benzene rings is 1. The molecule has 1 aliphatic carbocycles. The van der Waals surface area contributed by atoms with Gasteiger partial charge in [0.1, 0.15) is 0 Å². The van der Waals surface area contributed by atoms with E-state index >= 15 is 0 Å². The van der Waals surface area contributed by atoms with E-state index in [0.29, 0.717) is 10.7 Å². The van der Waals surface area contributed by atoms with Gasteiger partial charge in [0.25, 0.3) is 0 Å². The Kier molecular flexibility index (Phi) is 5.03.